The van der Waals surface area contributed by atoms with Crippen molar-refractivity contribution in [3.05, 3.63) is 28.2 Å². The van der Waals surface area contributed by atoms with Gasteiger partial charge in [0.15, 0.2) is 0 Å². The molecule has 1 aliphatic rings. The van der Waals surface area contributed by atoms with Gasteiger partial charge in [0.2, 0.25) is 5.91 Å². The summed E-state index contributed by atoms with van der Waals surface area (Å²) >= 11 is 3.50. The van der Waals surface area contributed by atoms with E-state index in [1.807, 2.05) is 25.1 Å². The third-order valence-electron chi connectivity index (χ3n) is 3.78. The van der Waals surface area contributed by atoms with Crippen molar-refractivity contribution in [2.24, 2.45) is 0 Å². The van der Waals surface area contributed by atoms with E-state index in [0.29, 0.717) is 6.61 Å². The third kappa shape index (κ3) is 3.40. The molecule has 5 heteroatoms. The number of anilines is 1. The first-order valence-electron chi connectivity index (χ1n) is 6.89. The lowest BCUT2D eigenvalue weighted by atomic mass is 9.90. The molecule has 1 aromatic rings. The van der Waals surface area contributed by atoms with Crippen LogP contribution in [-0.4, -0.2) is 25.1 Å². The number of carbonyl (C=O) groups excluding carboxylic acids is 1. The molecule has 2 rings (SSSR count). The summed E-state index contributed by atoms with van der Waals surface area (Å²) < 4.78 is 6.15. The normalized spacial score (nSPS) is 22.6. The van der Waals surface area contributed by atoms with Crippen molar-refractivity contribution in [1.29, 1.82) is 0 Å². The predicted molar refractivity (Wildman–Crippen MR) is 83.7 cm³/mol. The maximum atomic E-state index is 12.5. The largest absolute Gasteiger partial charge is 0.380 e. The maximum absolute atomic E-state index is 12.5. The fourth-order valence-corrected chi connectivity index (χ4v) is 2.96. The monoisotopic (exact) mass is 340 g/mol. The molecule has 1 heterocycles. The third-order valence-corrected chi connectivity index (χ3v) is 4.52. The Morgan fingerprint density at radius 3 is 2.95 bits per heavy atom. The number of ether oxygens (including phenoxy) is 1. The molecule has 1 unspecified atom stereocenters. The lowest BCUT2D eigenvalue weighted by molar-refractivity contribution is -0.122. The molecule has 0 aliphatic carbocycles. The lowest BCUT2D eigenvalue weighted by Crippen LogP contribution is -2.54. The van der Waals surface area contributed by atoms with Crippen LogP contribution < -0.4 is 10.6 Å². The minimum Gasteiger partial charge on any atom is -0.380 e. The van der Waals surface area contributed by atoms with E-state index in [1.165, 1.54) is 0 Å². The predicted octanol–water partition coefficient (Wildman–Crippen LogP) is 3.07. The number of piperidine rings is 1. The summed E-state index contributed by atoms with van der Waals surface area (Å²) in [5, 5.41) is 6.36. The Balaban J connectivity index is 2.17. The van der Waals surface area contributed by atoms with E-state index in [1.54, 1.807) is 7.11 Å². The van der Waals surface area contributed by atoms with Gasteiger partial charge in [0, 0.05) is 22.8 Å². The minimum atomic E-state index is -0.481. The van der Waals surface area contributed by atoms with E-state index in [-0.39, 0.29) is 5.91 Å². The highest BCUT2D eigenvalue weighted by molar-refractivity contribution is 9.10. The number of carbonyl (C=O) groups is 1. The van der Waals surface area contributed by atoms with Crippen LogP contribution in [0, 0.1) is 0 Å². The van der Waals surface area contributed by atoms with Gasteiger partial charge in [-0.1, -0.05) is 22.0 Å². The number of halogens is 1. The molecule has 1 aromatic carbocycles. The highest BCUT2D eigenvalue weighted by Crippen LogP contribution is 2.27. The van der Waals surface area contributed by atoms with Crippen molar-refractivity contribution in [2.45, 2.75) is 38.3 Å². The molecule has 110 valence electrons. The van der Waals surface area contributed by atoms with Crippen molar-refractivity contribution < 1.29 is 9.53 Å². The average Bonchev–Trinajstić information content (AvgIpc) is 2.43. The summed E-state index contributed by atoms with van der Waals surface area (Å²) in [6, 6.07) is 5.77. The van der Waals surface area contributed by atoms with Gasteiger partial charge in [-0.3, -0.25) is 4.79 Å². The molecule has 1 saturated heterocycles. The zero-order valence-electron chi connectivity index (χ0n) is 12.0. The summed E-state index contributed by atoms with van der Waals surface area (Å²) in [6.07, 6.45) is 3.08. The number of methoxy groups -OCH3 is 1. The van der Waals surface area contributed by atoms with Crippen LogP contribution in [0.4, 0.5) is 5.69 Å². The van der Waals surface area contributed by atoms with Gasteiger partial charge in [-0.25, -0.2) is 0 Å². The maximum Gasteiger partial charge on any atom is 0.244 e. The number of hydrogen-bond acceptors (Lipinski definition) is 3. The second kappa shape index (κ2) is 6.70. The van der Waals surface area contributed by atoms with Gasteiger partial charge in [-0.15, -0.1) is 0 Å². The molecular formula is C15H21BrN2O2. The van der Waals surface area contributed by atoms with Crippen molar-refractivity contribution >= 4 is 27.5 Å². The van der Waals surface area contributed by atoms with Gasteiger partial charge >= 0.3 is 0 Å². The fourth-order valence-electron chi connectivity index (χ4n) is 2.48. The Hall–Kier alpha value is -0.910. The number of amides is 1. The first-order chi connectivity index (χ1) is 9.57. The SMILES string of the molecule is COCc1c(Br)cccc1NC(=O)C1(C)CCCCN1. The van der Waals surface area contributed by atoms with Crippen LogP contribution >= 0.6 is 15.9 Å². The fraction of sp³-hybridized carbons (Fsp3) is 0.533. The van der Waals surface area contributed by atoms with Crippen molar-refractivity contribution in [3.8, 4) is 0 Å². The number of hydrogen-bond donors (Lipinski definition) is 2. The second-order valence-electron chi connectivity index (χ2n) is 5.37. The summed E-state index contributed by atoms with van der Waals surface area (Å²) in [6.45, 7) is 3.32. The summed E-state index contributed by atoms with van der Waals surface area (Å²) in [5.74, 6) is 0.0210. The van der Waals surface area contributed by atoms with E-state index in [2.05, 4.69) is 26.6 Å². The van der Waals surface area contributed by atoms with E-state index in [0.717, 1.165) is 41.5 Å². The Bertz CT molecular complexity index is 485. The highest BCUT2D eigenvalue weighted by Gasteiger charge is 2.34. The molecule has 4 nitrogen and oxygen atoms in total. The van der Waals surface area contributed by atoms with Gasteiger partial charge in [-0.05, 0) is 44.9 Å². The highest BCUT2D eigenvalue weighted by atomic mass is 79.9. The number of nitrogens with one attached hydrogen (secondary N) is 2. The molecule has 0 spiro atoms. The van der Waals surface area contributed by atoms with Crippen LogP contribution in [0.3, 0.4) is 0 Å². The molecule has 1 amide bonds. The average molecular weight is 341 g/mol. The summed E-state index contributed by atoms with van der Waals surface area (Å²) in [5.41, 5.74) is 1.29. The Labute approximate surface area is 128 Å². The van der Waals surface area contributed by atoms with Gasteiger partial charge < -0.3 is 15.4 Å². The van der Waals surface area contributed by atoms with E-state index in [9.17, 15) is 4.79 Å². The molecular weight excluding hydrogens is 320 g/mol. The van der Waals surface area contributed by atoms with Crippen LogP contribution in [0.15, 0.2) is 22.7 Å². The van der Waals surface area contributed by atoms with Crippen molar-refractivity contribution in [2.75, 3.05) is 19.0 Å². The first-order valence-corrected chi connectivity index (χ1v) is 7.69. The van der Waals surface area contributed by atoms with E-state index in [4.69, 9.17) is 4.74 Å². The van der Waals surface area contributed by atoms with Gasteiger partial charge in [0.25, 0.3) is 0 Å². The molecule has 2 N–H and O–H groups in total. The Kier molecular flexibility index (Phi) is 5.18. The van der Waals surface area contributed by atoms with Gasteiger partial charge in [-0.2, -0.15) is 0 Å². The molecule has 1 atom stereocenters. The second-order valence-corrected chi connectivity index (χ2v) is 6.22. The molecule has 20 heavy (non-hydrogen) atoms. The Morgan fingerprint density at radius 2 is 2.30 bits per heavy atom. The quantitative estimate of drug-likeness (QED) is 0.885. The minimum absolute atomic E-state index is 0.0210. The standard InChI is InChI=1S/C15H21BrN2O2/c1-15(8-3-4-9-17-15)14(19)18-13-7-5-6-12(16)11(13)10-20-2/h5-7,17H,3-4,8-10H2,1-2H3,(H,18,19). The van der Waals surface area contributed by atoms with Crippen LogP contribution in [0.5, 0.6) is 0 Å². The number of benzene rings is 1. The topological polar surface area (TPSA) is 50.4 Å². The Morgan fingerprint density at radius 1 is 1.50 bits per heavy atom. The van der Waals surface area contributed by atoms with Crippen LogP contribution in [0.2, 0.25) is 0 Å². The van der Waals surface area contributed by atoms with E-state index < -0.39 is 5.54 Å². The van der Waals surface area contributed by atoms with Gasteiger partial charge in [0.1, 0.15) is 0 Å². The lowest BCUT2D eigenvalue weighted by Gasteiger charge is -2.33. The molecule has 0 radical (unpaired) electrons. The molecule has 0 aromatic heterocycles. The zero-order chi connectivity index (χ0) is 14.6. The van der Waals surface area contributed by atoms with Crippen LogP contribution in [0.25, 0.3) is 0 Å². The first kappa shape index (κ1) is 15.5. The molecule has 0 saturated carbocycles. The van der Waals surface area contributed by atoms with Crippen molar-refractivity contribution in [1.82, 2.24) is 5.32 Å². The number of rotatable bonds is 4. The smallest absolute Gasteiger partial charge is 0.244 e. The van der Waals surface area contributed by atoms with Gasteiger partial charge in [0.05, 0.1) is 12.1 Å². The van der Waals surface area contributed by atoms with E-state index >= 15 is 0 Å². The van der Waals surface area contributed by atoms with Crippen molar-refractivity contribution in [3.63, 3.8) is 0 Å². The van der Waals surface area contributed by atoms with Crippen LogP contribution in [-0.2, 0) is 16.1 Å². The molecule has 0 bridgehead atoms. The zero-order valence-corrected chi connectivity index (χ0v) is 13.5. The molecule has 1 aliphatic heterocycles. The van der Waals surface area contributed by atoms with Crippen LogP contribution in [0.1, 0.15) is 31.7 Å². The summed E-state index contributed by atoms with van der Waals surface area (Å²) in [7, 11) is 1.65. The molecule has 1 fully saturated rings. The summed E-state index contributed by atoms with van der Waals surface area (Å²) in [4.78, 5) is 12.5.